The van der Waals surface area contributed by atoms with Gasteiger partial charge in [0.15, 0.2) is 5.82 Å². The lowest BCUT2D eigenvalue weighted by atomic mass is 9.94. The van der Waals surface area contributed by atoms with Crippen molar-refractivity contribution in [1.29, 1.82) is 0 Å². The number of amides is 3. The second-order valence-corrected chi connectivity index (χ2v) is 8.71. The van der Waals surface area contributed by atoms with Crippen molar-refractivity contribution in [2.24, 2.45) is 11.8 Å². The molecule has 0 saturated carbocycles. The predicted molar refractivity (Wildman–Crippen MR) is 114 cm³/mol. The summed E-state index contributed by atoms with van der Waals surface area (Å²) in [6, 6.07) is 9.20. The molecule has 3 heterocycles. The van der Waals surface area contributed by atoms with Gasteiger partial charge in [-0.1, -0.05) is 27.2 Å². The molecule has 0 bridgehead atoms. The van der Waals surface area contributed by atoms with Crippen LogP contribution in [0.2, 0.25) is 0 Å². The summed E-state index contributed by atoms with van der Waals surface area (Å²) >= 11 is 3.42. The fourth-order valence-corrected chi connectivity index (χ4v) is 4.43. The third-order valence-corrected chi connectivity index (χ3v) is 6.14. The average molecular weight is 475 g/mol. The molecule has 1 unspecified atom stereocenters. The first-order chi connectivity index (χ1) is 14.4. The van der Waals surface area contributed by atoms with E-state index in [1.807, 2.05) is 24.3 Å². The first-order valence-corrected chi connectivity index (χ1v) is 10.8. The van der Waals surface area contributed by atoms with Gasteiger partial charge >= 0.3 is 0 Å². The standard InChI is InChI=1S/C21H23BrN4O4/c1-13-9-18(24-30-13)23-20(28)14-5-7-25(8-6-14)21(29)15-10-19(27)26(12-15)17-4-2-3-16(22)11-17/h2-4,9,11,14-15H,5-8,10,12H2,1H3,(H,23,24,28). The van der Waals surface area contributed by atoms with Gasteiger partial charge in [-0.2, -0.15) is 0 Å². The molecule has 1 atom stereocenters. The number of anilines is 2. The molecule has 30 heavy (non-hydrogen) atoms. The Bertz CT molecular complexity index is 967. The van der Waals surface area contributed by atoms with Gasteiger partial charge in [-0.15, -0.1) is 0 Å². The van der Waals surface area contributed by atoms with E-state index < -0.39 is 0 Å². The maximum absolute atomic E-state index is 13.0. The lowest BCUT2D eigenvalue weighted by Gasteiger charge is -2.32. The molecular weight excluding hydrogens is 452 g/mol. The predicted octanol–water partition coefficient (Wildman–Crippen LogP) is 2.98. The van der Waals surface area contributed by atoms with Gasteiger partial charge in [-0.3, -0.25) is 14.4 Å². The zero-order valence-electron chi connectivity index (χ0n) is 16.6. The molecule has 2 saturated heterocycles. The molecule has 2 fully saturated rings. The van der Waals surface area contributed by atoms with Crippen LogP contribution < -0.4 is 10.2 Å². The van der Waals surface area contributed by atoms with Gasteiger partial charge in [0.2, 0.25) is 17.7 Å². The van der Waals surface area contributed by atoms with Gasteiger partial charge in [0, 0.05) is 48.2 Å². The van der Waals surface area contributed by atoms with Crippen molar-refractivity contribution in [2.75, 3.05) is 29.9 Å². The van der Waals surface area contributed by atoms with Crippen LogP contribution in [0.1, 0.15) is 25.0 Å². The van der Waals surface area contributed by atoms with Crippen LogP contribution in [0.5, 0.6) is 0 Å². The molecule has 158 valence electrons. The number of carbonyl (C=O) groups excluding carboxylic acids is 3. The third-order valence-electron chi connectivity index (χ3n) is 5.65. The van der Waals surface area contributed by atoms with E-state index in [9.17, 15) is 14.4 Å². The van der Waals surface area contributed by atoms with Crippen LogP contribution in [0.3, 0.4) is 0 Å². The van der Waals surface area contributed by atoms with Crippen molar-refractivity contribution in [2.45, 2.75) is 26.2 Å². The molecule has 1 N–H and O–H groups in total. The number of benzene rings is 1. The van der Waals surface area contributed by atoms with Crippen molar-refractivity contribution in [3.63, 3.8) is 0 Å². The van der Waals surface area contributed by atoms with Crippen LogP contribution in [0, 0.1) is 18.8 Å². The number of piperidine rings is 1. The molecule has 0 aliphatic carbocycles. The Hall–Kier alpha value is -2.68. The van der Waals surface area contributed by atoms with Crippen LogP contribution in [-0.4, -0.2) is 47.4 Å². The van der Waals surface area contributed by atoms with Gasteiger partial charge in [0.25, 0.3) is 0 Å². The Balaban J connectivity index is 1.31. The summed E-state index contributed by atoms with van der Waals surface area (Å²) in [4.78, 5) is 41.3. The highest BCUT2D eigenvalue weighted by Gasteiger charge is 2.38. The van der Waals surface area contributed by atoms with Crippen LogP contribution in [0.25, 0.3) is 0 Å². The van der Waals surface area contributed by atoms with Gasteiger partial charge in [0.05, 0.1) is 5.92 Å². The molecular formula is C21H23BrN4O4. The molecule has 0 spiro atoms. The third kappa shape index (κ3) is 4.40. The zero-order chi connectivity index (χ0) is 21.3. The molecule has 8 nitrogen and oxygen atoms in total. The Morgan fingerprint density at radius 3 is 2.63 bits per heavy atom. The van der Waals surface area contributed by atoms with E-state index in [4.69, 9.17) is 4.52 Å². The molecule has 1 aromatic heterocycles. The normalized spacial score (nSPS) is 19.9. The van der Waals surface area contributed by atoms with Crippen molar-refractivity contribution >= 4 is 45.2 Å². The number of halogens is 1. The number of aryl methyl sites for hydroxylation is 1. The number of rotatable bonds is 4. The number of hydrogen-bond acceptors (Lipinski definition) is 5. The molecule has 3 amide bonds. The smallest absolute Gasteiger partial charge is 0.228 e. The Labute approximate surface area is 182 Å². The Morgan fingerprint density at radius 2 is 1.97 bits per heavy atom. The number of nitrogens with zero attached hydrogens (tertiary/aromatic N) is 3. The summed E-state index contributed by atoms with van der Waals surface area (Å²) in [5.74, 6) is 0.374. The first kappa shape index (κ1) is 20.6. The molecule has 2 aliphatic rings. The quantitative estimate of drug-likeness (QED) is 0.734. The second-order valence-electron chi connectivity index (χ2n) is 7.80. The van der Waals surface area contributed by atoms with Gasteiger partial charge in [0.1, 0.15) is 5.76 Å². The maximum atomic E-state index is 13.0. The summed E-state index contributed by atoms with van der Waals surface area (Å²) in [7, 11) is 0. The first-order valence-electron chi connectivity index (χ1n) is 9.99. The maximum Gasteiger partial charge on any atom is 0.228 e. The van der Waals surface area contributed by atoms with Crippen molar-refractivity contribution < 1.29 is 18.9 Å². The number of hydrogen-bond donors (Lipinski definition) is 1. The highest BCUT2D eigenvalue weighted by molar-refractivity contribution is 9.10. The molecule has 2 aromatic rings. The summed E-state index contributed by atoms with van der Waals surface area (Å²) in [5.41, 5.74) is 0.795. The van der Waals surface area contributed by atoms with Crippen molar-refractivity contribution in [3.05, 3.63) is 40.6 Å². The number of nitrogens with one attached hydrogen (secondary N) is 1. The summed E-state index contributed by atoms with van der Waals surface area (Å²) in [6.45, 7) is 3.17. The van der Waals surface area contributed by atoms with E-state index in [2.05, 4.69) is 26.4 Å². The molecule has 1 aromatic carbocycles. The van der Waals surface area contributed by atoms with Gasteiger partial charge in [-0.05, 0) is 38.0 Å². The molecule has 2 aliphatic heterocycles. The number of carbonyl (C=O) groups is 3. The lowest BCUT2D eigenvalue weighted by Crippen LogP contribution is -2.44. The highest BCUT2D eigenvalue weighted by Crippen LogP contribution is 2.29. The zero-order valence-corrected chi connectivity index (χ0v) is 18.2. The van der Waals surface area contributed by atoms with Gasteiger partial charge < -0.3 is 19.6 Å². The van der Waals surface area contributed by atoms with Crippen LogP contribution >= 0.6 is 15.9 Å². The molecule has 0 radical (unpaired) electrons. The van der Waals surface area contributed by atoms with Gasteiger partial charge in [-0.25, -0.2) is 0 Å². The summed E-state index contributed by atoms with van der Waals surface area (Å²) in [5, 5.41) is 6.54. The van der Waals surface area contributed by atoms with E-state index in [1.54, 1.807) is 22.8 Å². The number of aromatic nitrogens is 1. The fourth-order valence-electron chi connectivity index (χ4n) is 4.04. The minimum absolute atomic E-state index is 0.00756. The Morgan fingerprint density at radius 1 is 1.20 bits per heavy atom. The van der Waals surface area contributed by atoms with Crippen molar-refractivity contribution in [1.82, 2.24) is 10.1 Å². The topological polar surface area (TPSA) is 95.8 Å². The lowest BCUT2D eigenvalue weighted by molar-refractivity contribution is -0.138. The minimum atomic E-state index is -0.347. The number of likely N-dealkylation sites (tertiary alicyclic amines) is 1. The van der Waals surface area contributed by atoms with E-state index in [1.165, 1.54) is 0 Å². The monoisotopic (exact) mass is 474 g/mol. The Kier molecular flexibility index (Phi) is 5.90. The minimum Gasteiger partial charge on any atom is -0.360 e. The summed E-state index contributed by atoms with van der Waals surface area (Å²) in [6.07, 6.45) is 1.39. The molecule has 4 rings (SSSR count). The molecule has 9 heteroatoms. The largest absolute Gasteiger partial charge is 0.360 e. The SMILES string of the molecule is Cc1cc(NC(=O)C2CCN(C(=O)C3CC(=O)N(c4cccc(Br)c4)C3)CC2)no1. The van der Waals surface area contributed by atoms with E-state index in [-0.39, 0.29) is 36.0 Å². The van der Waals surface area contributed by atoms with E-state index >= 15 is 0 Å². The highest BCUT2D eigenvalue weighted by atomic mass is 79.9. The van der Waals surface area contributed by atoms with E-state index in [0.29, 0.717) is 44.1 Å². The van der Waals surface area contributed by atoms with Crippen LogP contribution in [-0.2, 0) is 14.4 Å². The fraction of sp³-hybridized carbons (Fsp3) is 0.429. The average Bonchev–Trinajstić information content (AvgIpc) is 3.32. The second kappa shape index (κ2) is 8.59. The van der Waals surface area contributed by atoms with Crippen LogP contribution in [0.15, 0.2) is 39.3 Å². The van der Waals surface area contributed by atoms with E-state index in [0.717, 1.165) is 10.2 Å². The van der Waals surface area contributed by atoms with Crippen molar-refractivity contribution in [3.8, 4) is 0 Å². The summed E-state index contributed by atoms with van der Waals surface area (Å²) < 4.78 is 5.85. The van der Waals surface area contributed by atoms with Crippen LogP contribution in [0.4, 0.5) is 11.5 Å².